The Bertz CT molecular complexity index is 430. The minimum absolute atomic E-state index is 0.177. The van der Waals surface area contributed by atoms with Crippen molar-refractivity contribution in [1.29, 1.82) is 0 Å². The second-order valence-electron chi connectivity index (χ2n) is 4.24. The molecule has 1 aliphatic rings. The van der Waals surface area contributed by atoms with E-state index in [4.69, 9.17) is 0 Å². The van der Waals surface area contributed by atoms with Crippen LogP contribution in [0.4, 0.5) is 8.78 Å². The highest BCUT2D eigenvalue weighted by Crippen LogP contribution is 2.38. The zero-order valence-electron chi connectivity index (χ0n) is 8.78. The van der Waals surface area contributed by atoms with Crippen molar-refractivity contribution in [2.75, 3.05) is 6.54 Å². The Labute approximate surface area is 101 Å². The number of halogens is 3. The monoisotopic (exact) mass is 291 g/mol. The number of nitrogens with one attached hydrogen (secondary N) is 1. The summed E-state index contributed by atoms with van der Waals surface area (Å²) in [5, 5.41) is 12.4. The minimum Gasteiger partial charge on any atom is -0.504 e. The lowest BCUT2D eigenvalue weighted by molar-refractivity contribution is 0.370. The highest BCUT2D eigenvalue weighted by Gasteiger charge is 2.34. The molecule has 16 heavy (non-hydrogen) atoms. The van der Waals surface area contributed by atoms with Gasteiger partial charge < -0.3 is 10.4 Å². The van der Waals surface area contributed by atoms with Crippen LogP contribution in [-0.2, 0) is 5.54 Å². The van der Waals surface area contributed by atoms with E-state index < -0.39 is 22.9 Å². The molecule has 1 aromatic rings. The summed E-state index contributed by atoms with van der Waals surface area (Å²) in [7, 11) is 0. The van der Waals surface area contributed by atoms with Crippen LogP contribution >= 0.6 is 15.9 Å². The third-order valence-electron chi connectivity index (χ3n) is 3.10. The molecule has 2 rings (SSSR count). The summed E-state index contributed by atoms with van der Waals surface area (Å²) in [5.74, 6) is -2.85. The van der Waals surface area contributed by atoms with Crippen LogP contribution in [0.15, 0.2) is 10.5 Å². The van der Waals surface area contributed by atoms with Gasteiger partial charge in [0.1, 0.15) is 0 Å². The molecule has 1 aliphatic heterocycles. The van der Waals surface area contributed by atoms with Gasteiger partial charge in [-0.2, -0.15) is 4.39 Å². The molecule has 1 aromatic carbocycles. The Morgan fingerprint density at radius 2 is 2.12 bits per heavy atom. The first-order valence-corrected chi connectivity index (χ1v) is 5.87. The lowest BCUT2D eigenvalue weighted by atomic mass is 9.90. The Morgan fingerprint density at radius 1 is 1.44 bits per heavy atom. The van der Waals surface area contributed by atoms with Crippen molar-refractivity contribution in [2.24, 2.45) is 0 Å². The van der Waals surface area contributed by atoms with Gasteiger partial charge in [0.25, 0.3) is 0 Å². The fourth-order valence-corrected chi connectivity index (χ4v) is 2.51. The standard InChI is InChI=1S/C11H12BrF2NO/c1-11(3-2-4-15-11)6-5-7(12)10(16)9(14)8(6)13/h5,15-16H,2-4H2,1H3. The maximum Gasteiger partial charge on any atom is 0.201 e. The van der Waals surface area contributed by atoms with E-state index in [2.05, 4.69) is 21.2 Å². The molecule has 1 atom stereocenters. The quantitative estimate of drug-likeness (QED) is 0.780. The van der Waals surface area contributed by atoms with Gasteiger partial charge >= 0.3 is 0 Å². The number of benzene rings is 1. The Balaban J connectivity index is 2.57. The topological polar surface area (TPSA) is 32.3 Å². The Kier molecular flexibility index (Phi) is 2.92. The van der Waals surface area contributed by atoms with Gasteiger partial charge in [-0.1, -0.05) is 0 Å². The van der Waals surface area contributed by atoms with Crippen molar-refractivity contribution in [1.82, 2.24) is 5.32 Å². The summed E-state index contributed by atoms with van der Waals surface area (Å²) in [5.41, 5.74) is -0.298. The molecule has 2 N–H and O–H groups in total. The largest absolute Gasteiger partial charge is 0.504 e. The summed E-state index contributed by atoms with van der Waals surface area (Å²) in [6.07, 6.45) is 1.68. The number of phenols is 1. The molecule has 0 spiro atoms. The summed E-state index contributed by atoms with van der Waals surface area (Å²) < 4.78 is 27.3. The normalized spacial score (nSPS) is 25.0. The number of phenolic OH excluding ortho intramolecular Hbond substituents is 1. The van der Waals surface area contributed by atoms with Crippen molar-refractivity contribution < 1.29 is 13.9 Å². The molecule has 5 heteroatoms. The third kappa shape index (κ3) is 1.72. The zero-order valence-corrected chi connectivity index (χ0v) is 10.4. The molecule has 1 saturated heterocycles. The van der Waals surface area contributed by atoms with E-state index in [9.17, 15) is 13.9 Å². The van der Waals surface area contributed by atoms with Crippen LogP contribution in [0.3, 0.4) is 0 Å². The predicted octanol–water partition coefficient (Wildman–Crippen LogP) is 3.03. The van der Waals surface area contributed by atoms with Crippen molar-refractivity contribution in [3.63, 3.8) is 0 Å². The van der Waals surface area contributed by atoms with Crippen LogP contribution in [0.5, 0.6) is 5.75 Å². The summed E-state index contributed by atoms with van der Waals surface area (Å²) in [6.45, 7) is 2.62. The average molecular weight is 292 g/mol. The van der Waals surface area contributed by atoms with E-state index in [1.807, 2.05) is 6.92 Å². The molecule has 1 unspecified atom stereocenters. The van der Waals surface area contributed by atoms with Crippen LogP contribution in [0, 0.1) is 11.6 Å². The SMILES string of the molecule is CC1(c2cc(Br)c(O)c(F)c2F)CCCN1. The second kappa shape index (κ2) is 3.96. The van der Waals surface area contributed by atoms with Crippen LogP contribution < -0.4 is 5.32 Å². The summed E-state index contributed by atoms with van der Waals surface area (Å²) >= 11 is 3.02. The van der Waals surface area contributed by atoms with Gasteiger partial charge in [-0.05, 0) is 48.3 Å². The Morgan fingerprint density at radius 3 is 2.69 bits per heavy atom. The second-order valence-corrected chi connectivity index (χ2v) is 5.10. The highest BCUT2D eigenvalue weighted by atomic mass is 79.9. The van der Waals surface area contributed by atoms with Crippen molar-refractivity contribution in [2.45, 2.75) is 25.3 Å². The first-order valence-electron chi connectivity index (χ1n) is 5.08. The molecule has 0 aliphatic carbocycles. The van der Waals surface area contributed by atoms with E-state index in [1.165, 1.54) is 6.07 Å². The molecule has 2 nitrogen and oxygen atoms in total. The minimum atomic E-state index is -1.20. The van der Waals surface area contributed by atoms with Gasteiger partial charge in [0.05, 0.1) is 4.47 Å². The van der Waals surface area contributed by atoms with Gasteiger partial charge in [-0.3, -0.25) is 0 Å². The first-order chi connectivity index (χ1) is 7.46. The van der Waals surface area contributed by atoms with E-state index in [0.29, 0.717) is 0 Å². The smallest absolute Gasteiger partial charge is 0.201 e. The third-order valence-corrected chi connectivity index (χ3v) is 3.70. The fourth-order valence-electron chi connectivity index (χ4n) is 2.11. The number of hydrogen-bond donors (Lipinski definition) is 2. The Hall–Kier alpha value is -0.680. The van der Waals surface area contributed by atoms with Crippen LogP contribution in [0.25, 0.3) is 0 Å². The van der Waals surface area contributed by atoms with E-state index in [1.54, 1.807) is 0 Å². The summed E-state index contributed by atoms with van der Waals surface area (Å²) in [4.78, 5) is 0. The van der Waals surface area contributed by atoms with Crippen LogP contribution in [-0.4, -0.2) is 11.7 Å². The first kappa shape index (κ1) is 11.8. The molecule has 1 fully saturated rings. The number of hydrogen-bond acceptors (Lipinski definition) is 2. The van der Waals surface area contributed by atoms with Crippen molar-refractivity contribution in [3.05, 3.63) is 27.7 Å². The molecule has 1 heterocycles. The molecule has 0 aromatic heterocycles. The molecule has 88 valence electrons. The molecule has 0 bridgehead atoms. The maximum absolute atomic E-state index is 13.7. The van der Waals surface area contributed by atoms with Crippen molar-refractivity contribution in [3.8, 4) is 5.75 Å². The lowest BCUT2D eigenvalue weighted by Gasteiger charge is -2.26. The van der Waals surface area contributed by atoms with E-state index >= 15 is 0 Å². The number of aromatic hydroxyl groups is 1. The molecule has 0 amide bonds. The van der Waals surface area contributed by atoms with Gasteiger partial charge in [0.2, 0.25) is 5.82 Å². The summed E-state index contributed by atoms with van der Waals surface area (Å²) in [6, 6.07) is 1.44. The van der Waals surface area contributed by atoms with Crippen LogP contribution in [0.2, 0.25) is 0 Å². The zero-order chi connectivity index (χ0) is 11.9. The van der Waals surface area contributed by atoms with E-state index in [-0.39, 0.29) is 10.0 Å². The number of rotatable bonds is 1. The van der Waals surface area contributed by atoms with Gasteiger partial charge in [0.15, 0.2) is 11.6 Å². The highest BCUT2D eigenvalue weighted by molar-refractivity contribution is 9.10. The maximum atomic E-state index is 13.7. The molecular weight excluding hydrogens is 280 g/mol. The molecule has 0 saturated carbocycles. The predicted molar refractivity (Wildman–Crippen MR) is 60.3 cm³/mol. The van der Waals surface area contributed by atoms with Gasteiger partial charge in [-0.15, -0.1) is 0 Å². The van der Waals surface area contributed by atoms with Gasteiger partial charge in [0, 0.05) is 11.1 Å². The lowest BCUT2D eigenvalue weighted by Crippen LogP contribution is -2.34. The van der Waals surface area contributed by atoms with Gasteiger partial charge in [-0.25, -0.2) is 4.39 Å². The molecule has 0 radical (unpaired) electrons. The molecular formula is C11H12BrF2NO. The van der Waals surface area contributed by atoms with Crippen LogP contribution in [0.1, 0.15) is 25.3 Å². The van der Waals surface area contributed by atoms with Crippen molar-refractivity contribution >= 4 is 15.9 Å². The fraction of sp³-hybridized carbons (Fsp3) is 0.455. The van der Waals surface area contributed by atoms with E-state index in [0.717, 1.165) is 19.4 Å². The average Bonchev–Trinajstić information content (AvgIpc) is 2.68.